The molecule has 1 N–H and O–H groups in total. The zero-order valence-corrected chi connectivity index (χ0v) is 10.0. The Morgan fingerprint density at radius 3 is 2.88 bits per heavy atom. The Bertz CT molecular complexity index is 463. The lowest BCUT2D eigenvalue weighted by Gasteiger charge is -2.34. The van der Waals surface area contributed by atoms with E-state index in [0.717, 1.165) is 37.1 Å². The molecule has 0 bridgehead atoms. The van der Waals surface area contributed by atoms with Crippen LogP contribution in [0.4, 0.5) is 0 Å². The summed E-state index contributed by atoms with van der Waals surface area (Å²) in [7, 11) is 0. The van der Waals surface area contributed by atoms with E-state index in [1.807, 2.05) is 17.0 Å². The van der Waals surface area contributed by atoms with E-state index < -0.39 is 0 Å². The summed E-state index contributed by atoms with van der Waals surface area (Å²) in [6.07, 6.45) is 1.56. The van der Waals surface area contributed by atoms with Crippen molar-refractivity contribution in [2.75, 3.05) is 6.54 Å². The Hall–Kier alpha value is -1.35. The first-order chi connectivity index (χ1) is 8.13. The highest BCUT2D eigenvalue weighted by atomic mass is 16.3. The molecule has 3 rings (SSSR count). The Labute approximate surface area is 101 Å². The van der Waals surface area contributed by atoms with Gasteiger partial charge in [-0.3, -0.25) is 4.79 Å². The number of carbonyl (C=O) groups excluding carboxylic acids is 1. The first kappa shape index (κ1) is 10.8. The number of carbonyl (C=O) groups is 1. The maximum atomic E-state index is 12.1. The zero-order chi connectivity index (χ0) is 12.0. The van der Waals surface area contributed by atoms with Crippen molar-refractivity contribution in [2.45, 2.75) is 32.4 Å². The van der Waals surface area contributed by atoms with Crippen LogP contribution in [-0.2, 0) is 6.54 Å². The third-order valence-corrected chi connectivity index (χ3v) is 3.83. The molecule has 2 aliphatic rings. The van der Waals surface area contributed by atoms with Crippen LogP contribution < -0.4 is 0 Å². The third kappa shape index (κ3) is 1.84. The molecule has 1 amide bonds. The first-order valence-corrected chi connectivity index (χ1v) is 6.20. The topological polar surface area (TPSA) is 40.5 Å². The van der Waals surface area contributed by atoms with E-state index in [1.54, 1.807) is 0 Å². The number of benzene rings is 1. The lowest BCUT2D eigenvalue weighted by molar-refractivity contribution is 0.0234. The van der Waals surface area contributed by atoms with Gasteiger partial charge in [-0.05, 0) is 37.3 Å². The summed E-state index contributed by atoms with van der Waals surface area (Å²) >= 11 is 0. The lowest BCUT2D eigenvalue weighted by atomic mass is 9.82. The molecule has 1 aliphatic carbocycles. The van der Waals surface area contributed by atoms with Crippen molar-refractivity contribution in [2.24, 2.45) is 5.92 Å². The summed E-state index contributed by atoms with van der Waals surface area (Å²) in [5, 5.41) is 9.26. The van der Waals surface area contributed by atoms with Gasteiger partial charge in [0.05, 0.1) is 6.10 Å². The van der Waals surface area contributed by atoms with Gasteiger partial charge in [0.2, 0.25) is 0 Å². The van der Waals surface area contributed by atoms with Crippen LogP contribution >= 0.6 is 0 Å². The number of amides is 1. The number of hydrogen-bond donors (Lipinski definition) is 1. The largest absolute Gasteiger partial charge is 0.393 e. The SMILES string of the molecule is Cc1ccc2c(c1)CN(CC1CC(O)C1)C2=O. The molecule has 1 aliphatic heterocycles. The van der Waals surface area contributed by atoms with Gasteiger partial charge in [-0.15, -0.1) is 0 Å². The Morgan fingerprint density at radius 2 is 2.18 bits per heavy atom. The average molecular weight is 231 g/mol. The van der Waals surface area contributed by atoms with Crippen LogP contribution in [0, 0.1) is 12.8 Å². The van der Waals surface area contributed by atoms with Gasteiger partial charge < -0.3 is 10.0 Å². The van der Waals surface area contributed by atoms with Crippen LogP contribution in [0.5, 0.6) is 0 Å². The monoisotopic (exact) mass is 231 g/mol. The second-order valence-corrected chi connectivity index (χ2v) is 5.34. The van der Waals surface area contributed by atoms with Crippen molar-refractivity contribution in [3.05, 3.63) is 34.9 Å². The first-order valence-electron chi connectivity index (χ1n) is 6.20. The Balaban J connectivity index is 1.73. The van der Waals surface area contributed by atoms with Crippen LogP contribution in [0.25, 0.3) is 0 Å². The minimum Gasteiger partial charge on any atom is -0.393 e. The highest BCUT2D eigenvalue weighted by molar-refractivity contribution is 5.98. The molecule has 0 atom stereocenters. The second-order valence-electron chi connectivity index (χ2n) is 5.34. The van der Waals surface area contributed by atoms with E-state index in [2.05, 4.69) is 13.0 Å². The number of fused-ring (bicyclic) bond motifs is 1. The maximum absolute atomic E-state index is 12.1. The summed E-state index contributed by atoms with van der Waals surface area (Å²) in [5.41, 5.74) is 3.21. The van der Waals surface area contributed by atoms with Crippen LogP contribution in [0.2, 0.25) is 0 Å². The van der Waals surface area contributed by atoms with E-state index in [-0.39, 0.29) is 12.0 Å². The Kier molecular flexibility index (Phi) is 2.44. The van der Waals surface area contributed by atoms with Crippen molar-refractivity contribution < 1.29 is 9.90 Å². The second kappa shape index (κ2) is 3.84. The van der Waals surface area contributed by atoms with Crippen molar-refractivity contribution >= 4 is 5.91 Å². The van der Waals surface area contributed by atoms with E-state index in [1.165, 1.54) is 5.56 Å². The number of rotatable bonds is 2. The maximum Gasteiger partial charge on any atom is 0.254 e. The predicted molar refractivity (Wildman–Crippen MR) is 64.7 cm³/mol. The molecule has 0 aromatic heterocycles. The van der Waals surface area contributed by atoms with E-state index in [0.29, 0.717) is 5.92 Å². The number of aliphatic hydroxyl groups is 1. The third-order valence-electron chi connectivity index (χ3n) is 3.83. The van der Waals surface area contributed by atoms with Gasteiger partial charge in [0, 0.05) is 18.7 Å². The summed E-state index contributed by atoms with van der Waals surface area (Å²) in [6, 6.07) is 6.03. The van der Waals surface area contributed by atoms with Gasteiger partial charge in [-0.1, -0.05) is 17.7 Å². The van der Waals surface area contributed by atoms with Crippen LogP contribution in [0.15, 0.2) is 18.2 Å². The molecule has 0 spiro atoms. The lowest BCUT2D eigenvalue weighted by Crippen LogP contribution is -2.38. The van der Waals surface area contributed by atoms with Crippen molar-refractivity contribution in [3.63, 3.8) is 0 Å². The molecule has 17 heavy (non-hydrogen) atoms. The fourth-order valence-corrected chi connectivity index (χ4v) is 2.82. The van der Waals surface area contributed by atoms with Crippen LogP contribution in [0.1, 0.15) is 34.3 Å². The average Bonchev–Trinajstić information content (AvgIpc) is 2.53. The van der Waals surface area contributed by atoms with E-state index in [4.69, 9.17) is 0 Å². The molecular formula is C14H17NO2. The minimum absolute atomic E-state index is 0.137. The van der Waals surface area contributed by atoms with Gasteiger partial charge in [0.15, 0.2) is 0 Å². The highest BCUT2D eigenvalue weighted by Crippen LogP contribution is 2.31. The molecule has 0 unspecified atom stereocenters. The molecule has 90 valence electrons. The fourth-order valence-electron chi connectivity index (χ4n) is 2.82. The van der Waals surface area contributed by atoms with Gasteiger partial charge in [0.25, 0.3) is 5.91 Å². The zero-order valence-electron chi connectivity index (χ0n) is 10.0. The molecule has 0 saturated heterocycles. The van der Waals surface area contributed by atoms with Gasteiger partial charge in [-0.2, -0.15) is 0 Å². The van der Waals surface area contributed by atoms with E-state index >= 15 is 0 Å². The van der Waals surface area contributed by atoms with Crippen molar-refractivity contribution in [1.82, 2.24) is 4.90 Å². The minimum atomic E-state index is -0.137. The molecule has 1 aromatic carbocycles. The van der Waals surface area contributed by atoms with Crippen molar-refractivity contribution in [1.29, 1.82) is 0 Å². The molecule has 1 aromatic rings. The molecule has 3 heteroatoms. The summed E-state index contributed by atoms with van der Waals surface area (Å²) in [6.45, 7) is 3.59. The summed E-state index contributed by atoms with van der Waals surface area (Å²) < 4.78 is 0. The van der Waals surface area contributed by atoms with Crippen LogP contribution in [-0.4, -0.2) is 28.6 Å². The quantitative estimate of drug-likeness (QED) is 0.842. The standard InChI is InChI=1S/C14H17NO2/c1-9-2-3-13-11(4-9)8-15(14(13)17)7-10-5-12(16)6-10/h2-4,10,12,16H,5-8H2,1H3. The van der Waals surface area contributed by atoms with E-state index in [9.17, 15) is 9.90 Å². The van der Waals surface area contributed by atoms with Gasteiger partial charge in [0.1, 0.15) is 0 Å². The normalized spacial score (nSPS) is 26.9. The smallest absolute Gasteiger partial charge is 0.254 e. The number of aryl methyl sites for hydroxylation is 1. The molecule has 0 radical (unpaired) electrons. The molecule has 1 heterocycles. The summed E-state index contributed by atoms with van der Waals surface area (Å²) in [5.74, 6) is 0.644. The van der Waals surface area contributed by atoms with Crippen LogP contribution in [0.3, 0.4) is 0 Å². The van der Waals surface area contributed by atoms with Gasteiger partial charge >= 0.3 is 0 Å². The fraction of sp³-hybridized carbons (Fsp3) is 0.500. The van der Waals surface area contributed by atoms with Gasteiger partial charge in [-0.25, -0.2) is 0 Å². The number of hydrogen-bond acceptors (Lipinski definition) is 2. The molecule has 3 nitrogen and oxygen atoms in total. The molecule has 1 saturated carbocycles. The molecule has 1 fully saturated rings. The summed E-state index contributed by atoms with van der Waals surface area (Å²) in [4.78, 5) is 14.0. The predicted octanol–water partition coefficient (Wildman–Crippen LogP) is 1.72. The number of nitrogens with zero attached hydrogens (tertiary/aromatic N) is 1. The molecular weight excluding hydrogens is 214 g/mol. The highest BCUT2D eigenvalue weighted by Gasteiger charge is 2.33. The Morgan fingerprint density at radius 1 is 1.41 bits per heavy atom. The van der Waals surface area contributed by atoms with Crippen molar-refractivity contribution in [3.8, 4) is 0 Å². The number of aliphatic hydroxyl groups excluding tert-OH is 1.